The van der Waals surface area contributed by atoms with Crippen LogP contribution in [0.2, 0.25) is 0 Å². The van der Waals surface area contributed by atoms with E-state index in [0.717, 1.165) is 12.0 Å². The second-order valence-corrected chi connectivity index (χ2v) is 9.10. The fourth-order valence-corrected chi connectivity index (χ4v) is 4.30. The molecule has 0 amide bonds. The lowest BCUT2D eigenvalue weighted by molar-refractivity contribution is 0.379. The molecular weight excluding hydrogens is 258 g/mol. The molecule has 2 unspecified atom stereocenters. The minimum absolute atomic E-state index is 0.0135. The van der Waals surface area contributed by atoms with E-state index in [4.69, 9.17) is 0 Å². The molecule has 1 saturated heterocycles. The van der Waals surface area contributed by atoms with Crippen molar-refractivity contribution in [1.29, 1.82) is 0 Å². The number of benzene rings is 1. The van der Waals surface area contributed by atoms with Gasteiger partial charge in [-0.3, -0.25) is 0 Å². The summed E-state index contributed by atoms with van der Waals surface area (Å²) in [4.78, 5) is 0. The zero-order valence-electron chi connectivity index (χ0n) is 12.1. The van der Waals surface area contributed by atoms with Crippen LogP contribution in [0.4, 0.5) is 0 Å². The van der Waals surface area contributed by atoms with Crippen LogP contribution >= 0.6 is 0 Å². The highest BCUT2D eigenvalue weighted by molar-refractivity contribution is 7.90. The first-order valence-electron chi connectivity index (χ1n) is 6.80. The summed E-state index contributed by atoms with van der Waals surface area (Å²) in [5.41, 5.74) is 1.10. The molecule has 2 rings (SSSR count). The van der Waals surface area contributed by atoms with Crippen molar-refractivity contribution in [2.75, 3.05) is 6.54 Å². The molecule has 3 nitrogen and oxygen atoms in total. The fourth-order valence-electron chi connectivity index (χ4n) is 2.60. The third-order valence-corrected chi connectivity index (χ3v) is 6.30. The Hall–Kier alpha value is -0.870. The summed E-state index contributed by atoms with van der Waals surface area (Å²) in [6.07, 6.45) is 0.902. The van der Waals surface area contributed by atoms with Crippen LogP contribution in [0.3, 0.4) is 0 Å². The zero-order valence-corrected chi connectivity index (χ0v) is 12.9. The van der Waals surface area contributed by atoms with Crippen molar-refractivity contribution in [1.82, 2.24) is 4.31 Å². The van der Waals surface area contributed by atoms with Crippen molar-refractivity contribution in [2.24, 2.45) is 5.92 Å². The van der Waals surface area contributed by atoms with E-state index < -0.39 is 14.8 Å². The first-order valence-corrected chi connectivity index (χ1v) is 8.24. The average molecular weight is 281 g/mol. The summed E-state index contributed by atoms with van der Waals surface area (Å²) < 4.78 is 26.4. The highest BCUT2D eigenvalue weighted by Crippen LogP contribution is 2.40. The maximum Gasteiger partial charge on any atom is 0.219 e. The summed E-state index contributed by atoms with van der Waals surface area (Å²) in [6.45, 7) is 8.06. The molecule has 1 aromatic rings. The third-order valence-electron chi connectivity index (χ3n) is 3.73. The monoisotopic (exact) mass is 281 g/mol. The van der Waals surface area contributed by atoms with Crippen LogP contribution in [0.25, 0.3) is 0 Å². The number of hydrogen-bond acceptors (Lipinski definition) is 2. The van der Waals surface area contributed by atoms with E-state index >= 15 is 0 Å². The van der Waals surface area contributed by atoms with Crippen LogP contribution in [0.1, 0.15) is 45.7 Å². The first kappa shape index (κ1) is 14.5. The molecule has 0 radical (unpaired) electrons. The van der Waals surface area contributed by atoms with Gasteiger partial charge in [0, 0.05) is 6.54 Å². The van der Waals surface area contributed by atoms with Gasteiger partial charge in [0.2, 0.25) is 10.0 Å². The van der Waals surface area contributed by atoms with Crippen molar-refractivity contribution in [3.8, 4) is 0 Å². The predicted octanol–water partition coefficient (Wildman–Crippen LogP) is 3.20. The van der Waals surface area contributed by atoms with Gasteiger partial charge in [0.1, 0.15) is 0 Å². The number of nitrogens with zero attached hydrogens (tertiary/aromatic N) is 1. The van der Waals surface area contributed by atoms with Crippen LogP contribution in [0.15, 0.2) is 30.3 Å². The zero-order chi connectivity index (χ0) is 14.3. The Bertz CT molecular complexity index is 531. The molecule has 1 fully saturated rings. The highest BCUT2D eigenvalue weighted by atomic mass is 32.2. The molecule has 0 spiro atoms. The van der Waals surface area contributed by atoms with E-state index in [2.05, 4.69) is 6.92 Å². The molecule has 0 N–H and O–H groups in total. The van der Waals surface area contributed by atoms with E-state index in [1.165, 1.54) is 0 Å². The van der Waals surface area contributed by atoms with Crippen molar-refractivity contribution in [2.45, 2.75) is 44.9 Å². The number of hydrogen-bond donors (Lipinski definition) is 0. The van der Waals surface area contributed by atoms with Gasteiger partial charge in [-0.05, 0) is 38.7 Å². The standard InChI is InChI=1S/C15H23NO2S/c1-12-10-14(13-8-6-5-7-9-13)16(11-12)19(17,18)15(2,3)4/h5-9,12,14H,10-11H2,1-4H3. The van der Waals surface area contributed by atoms with Gasteiger partial charge >= 0.3 is 0 Å². The minimum Gasteiger partial charge on any atom is -0.212 e. The first-order chi connectivity index (χ1) is 8.73. The van der Waals surface area contributed by atoms with E-state index in [1.54, 1.807) is 25.1 Å². The molecular formula is C15H23NO2S. The summed E-state index contributed by atoms with van der Waals surface area (Å²) in [6, 6.07) is 9.94. The van der Waals surface area contributed by atoms with Gasteiger partial charge < -0.3 is 0 Å². The summed E-state index contributed by atoms with van der Waals surface area (Å²) in [7, 11) is -3.27. The molecule has 0 aromatic heterocycles. The van der Waals surface area contributed by atoms with Gasteiger partial charge in [0.15, 0.2) is 0 Å². The van der Waals surface area contributed by atoms with Crippen LogP contribution in [-0.4, -0.2) is 24.0 Å². The Labute approximate surface area is 116 Å². The molecule has 0 saturated carbocycles. The molecule has 19 heavy (non-hydrogen) atoms. The van der Waals surface area contributed by atoms with Crippen LogP contribution < -0.4 is 0 Å². The average Bonchev–Trinajstić information content (AvgIpc) is 2.71. The highest BCUT2D eigenvalue weighted by Gasteiger charge is 2.44. The second-order valence-electron chi connectivity index (χ2n) is 6.45. The molecule has 2 atom stereocenters. The van der Waals surface area contributed by atoms with Crippen LogP contribution in [0.5, 0.6) is 0 Å². The Balaban J connectivity index is 2.40. The summed E-state index contributed by atoms with van der Waals surface area (Å²) in [5, 5.41) is 0. The fraction of sp³-hybridized carbons (Fsp3) is 0.600. The molecule has 4 heteroatoms. The smallest absolute Gasteiger partial charge is 0.212 e. The van der Waals surface area contributed by atoms with Gasteiger partial charge in [-0.1, -0.05) is 37.3 Å². The maximum atomic E-state index is 12.7. The summed E-state index contributed by atoms with van der Waals surface area (Å²) in [5.74, 6) is 0.405. The third kappa shape index (κ3) is 2.70. The lowest BCUT2D eigenvalue weighted by Gasteiger charge is -2.31. The summed E-state index contributed by atoms with van der Waals surface area (Å²) >= 11 is 0. The molecule has 0 bridgehead atoms. The maximum absolute atomic E-state index is 12.7. The van der Waals surface area contributed by atoms with Gasteiger partial charge in [-0.2, -0.15) is 4.31 Å². The Morgan fingerprint density at radius 3 is 2.26 bits per heavy atom. The number of rotatable bonds is 2. The van der Waals surface area contributed by atoms with Crippen LogP contribution in [0, 0.1) is 5.92 Å². The lowest BCUT2D eigenvalue weighted by Crippen LogP contribution is -2.42. The van der Waals surface area contributed by atoms with E-state index in [9.17, 15) is 8.42 Å². The van der Waals surface area contributed by atoms with Crippen molar-refractivity contribution < 1.29 is 8.42 Å². The van der Waals surface area contributed by atoms with E-state index in [0.29, 0.717) is 12.5 Å². The molecule has 0 aliphatic carbocycles. The largest absolute Gasteiger partial charge is 0.219 e. The van der Waals surface area contributed by atoms with Gasteiger partial charge in [0.25, 0.3) is 0 Å². The van der Waals surface area contributed by atoms with E-state index in [1.807, 2.05) is 30.3 Å². The Morgan fingerprint density at radius 2 is 1.74 bits per heavy atom. The predicted molar refractivity (Wildman–Crippen MR) is 78.3 cm³/mol. The Kier molecular flexibility index (Phi) is 3.76. The molecule has 1 aliphatic heterocycles. The van der Waals surface area contributed by atoms with Crippen LogP contribution in [-0.2, 0) is 10.0 Å². The number of sulfonamides is 1. The Morgan fingerprint density at radius 1 is 1.16 bits per heavy atom. The second kappa shape index (κ2) is 4.91. The van der Waals surface area contributed by atoms with Crippen molar-refractivity contribution >= 4 is 10.0 Å². The minimum atomic E-state index is -3.27. The lowest BCUT2D eigenvalue weighted by atomic mass is 10.0. The van der Waals surface area contributed by atoms with Crippen molar-refractivity contribution in [3.05, 3.63) is 35.9 Å². The SMILES string of the molecule is CC1CC(c2ccccc2)N(S(=O)(=O)C(C)(C)C)C1. The molecule has 106 valence electrons. The van der Waals surface area contributed by atoms with Crippen molar-refractivity contribution in [3.63, 3.8) is 0 Å². The van der Waals surface area contributed by atoms with Gasteiger partial charge in [0.05, 0.1) is 10.8 Å². The normalized spacial score (nSPS) is 25.7. The van der Waals surface area contributed by atoms with E-state index in [-0.39, 0.29) is 6.04 Å². The quantitative estimate of drug-likeness (QED) is 0.835. The molecule has 1 aromatic carbocycles. The topological polar surface area (TPSA) is 37.4 Å². The van der Waals surface area contributed by atoms with Gasteiger partial charge in [-0.15, -0.1) is 0 Å². The molecule has 1 aliphatic rings. The van der Waals surface area contributed by atoms with Gasteiger partial charge in [-0.25, -0.2) is 8.42 Å². The molecule has 1 heterocycles.